The molecule has 17 nitrogen and oxygen atoms in total. The highest BCUT2D eigenvalue weighted by atomic mass is 16.5. The topological polar surface area (TPSA) is 202 Å². The third-order valence-corrected chi connectivity index (χ3v) is 14.0. The molecular weight excluding hydrogens is 1000 g/mol. The summed E-state index contributed by atoms with van der Waals surface area (Å²) in [4.78, 5) is 70.4. The summed E-state index contributed by atoms with van der Waals surface area (Å²) in [6, 6.07) is 16.2. The van der Waals surface area contributed by atoms with Crippen molar-refractivity contribution < 1.29 is 42.9 Å². The number of benzene rings is 3. The molecular formula is C62H88N8O9. The highest BCUT2D eigenvalue weighted by molar-refractivity contribution is 6.05. The summed E-state index contributed by atoms with van der Waals surface area (Å²) >= 11 is 0. The summed E-state index contributed by atoms with van der Waals surface area (Å²) in [7, 11) is 4.20. The van der Waals surface area contributed by atoms with Crippen LogP contribution in [0.5, 0.6) is 0 Å². The van der Waals surface area contributed by atoms with Gasteiger partial charge < -0.3 is 54.1 Å². The van der Waals surface area contributed by atoms with Gasteiger partial charge in [-0.05, 0) is 131 Å². The molecule has 4 heterocycles. The average Bonchev–Trinajstić information content (AvgIpc) is 4.18. The minimum atomic E-state index is -0.674. The molecule has 2 aromatic heterocycles. The standard InChI is InChI=1S/C46H60N8O8.C8H16O.C2H6.3C2H2/c1-9-28(3)53(41(55)23-48-44(57)60-7)26-40-50-36-18-15-31-20-30(13-17-35(31)43(36)52-40)34-16-14-32(21-33(34)27-59-6)37-22-47-39(51-37)25-54(42(56)24-49-45(58)61-8)38(10-2)46(5)19-11-12-29(4)62-46;1-3-8-6-4-5-7(2)9-8;4*1-2/h13-18,20-22,28-29,38H,9-12,19,23-27H2,1-8H3,(H,47,51)(H,48,57)(H,49,58)(H,50,52);7-8H,3-6H2,1-2H3;1-2H3;3*1-2H/t28-,29+,38+,46+;7-,8?;;;;/m01..../s1. The van der Waals surface area contributed by atoms with Gasteiger partial charge in [0.2, 0.25) is 11.8 Å². The molecule has 0 saturated carbocycles. The van der Waals surface area contributed by atoms with Crippen LogP contribution in [0.2, 0.25) is 0 Å². The van der Waals surface area contributed by atoms with Crippen molar-refractivity contribution in [3.05, 3.63) is 71.9 Å². The van der Waals surface area contributed by atoms with E-state index in [2.05, 4.69) is 128 Å². The molecule has 5 aromatic rings. The van der Waals surface area contributed by atoms with E-state index in [1.807, 2.05) is 46.8 Å². The van der Waals surface area contributed by atoms with Crippen LogP contribution in [0.3, 0.4) is 0 Å². The van der Waals surface area contributed by atoms with Crippen LogP contribution in [0.1, 0.15) is 137 Å². The van der Waals surface area contributed by atoms with Crippen molar-refractivity contribution in [1.29, 1.82) is 0 Å². The number of nitrogens with zero attached hydrogens (tertiary/aromatic N) is 4. The molecule has 1 unspecified atom stereocenters. The summed E-state index contributed by atoms with van der Waals surface area (Å²) in [5.74, 6) is 0.757. The smallest absolute Gasteiger partial charge is 0.407 e. The first-order valence-corrected chi connectivity index (χ1v) is 27.3. The lowest BCUT2D eigenvalue weighted by molar-refractivity contribution is -0.166. The maximum Gasteiger partial charge on any atom is 0.407 e. The Hall–Kier alpha value is -7.36. The van der Waals surface area contributed by atoms with Crippen LogP contribution in [0.4, 0.5) is 9.59 Å². The molecule has 7 rings (SSSR count). The molecule has 0 radical (unpaired) electrons. The second kappa shape index (κ2) is 35.2. The van der Waals surface area contributed by atoms with Gasteiger partial charge >= 0.3 is 12.2 Å². The Morgan fingerprint density at radius 1 is 0.772 bits per heavy atom. The molecule has 3 aromatic carbocycles. The second-order valence-electron chi connectivity index (χ2n) is 19.1. The van der Waals surface area contributed by atoms with E-state index in [9.17, 15) is 19.2 Å². The molecule has 0 aliphatic carbocycles. The minimum absolute atomic E-state index is 0.0730. The monoisotopic (exact) mass is 1090 g/mol. The average molecular weight is 1090 g/mol. The van der Waals surface area contributed by atoms with Gasteiger partial charge in [-0.15, -0.1) is 38.5 Å². The first-order chi connectivity index (χ1) is 38.1. The zero-order valence-electron chi connectivity index (χ0n) is 48.9. The molecule has 2 saturated heterocycles. The zero-order valence-corrected chi connectivity index (χ0v) is 48.9. The van der Waals surface area contributed by atoms with Crippen molar-refractivity contribution >= 4 is 45.8 Å². The number of carbonyl (C=O) groups is 4. The Kier molecular flexibility index (Phi) is 30.2. The number of rotatable bonds is 18. The quantitative estimate of drug-likeness (QED) is 0.0608. The fraction of sp³-hybridized carbons (Fsp3) is 0.516. The Bertz CT molecular complexity index is 2710. The van der Waals surface area contributed by atoms with E-state index in [4.69, 9.17) is 28.9 Å². The highest BCUT2D eigenvalue weighted by Crippen LogP contribution is 2.37. The van der Waals surface area contributed by atoms with Gasteiger partial charge in [0.15, 0.2) is 0 Å². The summed E-state index contributed by atoms with van der Waals surface area (Å²) in [5, 5.41) is 7.00. The van der Waals surface area contributed by atoms with Crippen LogP contribution in [0.15, 0.2) is 54.7 Å². The maximum absolute atomic E-state index is 13.8. The molecule has 2 aliphatic heterocycles. The van der Waals surface area contributed by atoms with Gasteiger partial charge in [-0.3, -0.25) is 9.59 Å². The van der Waals surface area contributed by atoms with Crippen LogP contribution < -0.4 is 10.6 Å². The number of ether oxygens (including phenoxy) is 5. The van der Waals surface area contributed by atoms with E-state index < -0.39 is 17.8 Å². The van der Waals surface area contributed by atoms with Crippen molar-refractivity contribution in [3.8, 4) is 60.9 Å². The predicted octanol–water partition coefficient (Wildman–Crippen LogP) is 11.3. The fourth-order valence-electron chi connectivity index (χ4n) is 9.99. The van der Waals surface area contributed by atoms with Crippen molar-refractivity contribution in [3.63, 3.8) is 0 Å². The lowest BCUT2D eigenvalue weighted by Gasteiger charge is -2.47. The number of methoxy groups -OCH3 is 3. The lowest BCUT2D eigenvalue weighted by atomic mass is 9.84. The summed E-state index contributed by atoms with van der Waals surface area (Å²) < 4.78 is 27.2. The number of hydrogen-bond acceptors (Lipinski definition) is 11. The molecule has 2 fully saturated rings. The number of fused-ring (bicyclic) bond motifs is 3. The largest absolute Gasteiger partial charge is 0.453 e. The molecule has 2 aliphatic rings. The number of aromatic amines is 2. The Morgan fingerprint density at radius 2 is 1.39 bits per heavy atom. The van der Waals surface area contributed by atoms with Gasteiger partial charge in [-0.1, -0.05) is 65.0 Å². The molecule has 6 atom stereocenters. The van der Waals surface area contributed by atoms with E-state index >= 15 is 0 Å². The van der Waals surface area contributed by atoms with Crippen LogP contribution in [0.25, 0.3) is 44.2 Å². The Labute approximate surface area is 470 Å². The predicted molar refractivity (Wildman–Crippen MR) is 315 cm³/mol. The number of hydrogen-bond donors (Lipinski definition) is 4. The number of nitrogens with one attached hydrogen (secondary N) is 4. The second-order valence-corrected chi connectivity index (χ2v) is 19.1. The molecule has 0 spiro atoms. The van der Waals surface area contributed by atoms with E-state index in [0.29, 0.717) is 36.9 Å². The van der Waals surface area contributed by atoms with Crippen molar-refractivity contribution in [2.75, 3.05) is 34.4 Å². The Morgan fingerprint density at radius 3 is 1.96 bits per heavy atom. The fourth-order valence-corrected chi connectivity index (χ4v) is 9.99. The Balaban J connectivity index is 0.00000110. The van der Waals surface area contributed by atoms with Gasteiger partial charge in [0.05, 0.1) is 86.8 Å². The third-order valence-electron chi connectivity index (χ3n) is 14.0. The molecule has 4 N–H and O–H groups in total. The zero-order chi connectivity index (χ0) is 59.2. The van der Waals surface area contributed by atoms with E-state index in [0.717, 1.165) is 75.4 Å². The first kappa shape index (κ1) is 67.7. The number of terminal acetylenes is 3. The van der Waals surface area contributed by atoms with Gasteiger partial charge in [-0.2, -0.15) is 0 Å². The van der Waals surface area contributed by atoms with Crippen LogP contribution in [-0.4, -0.2) is 124 Å². The number of alkyl carbamates (subject to hydrolysis) is 2. The van der Waals surface area contributed by atoms with Gasteiger partial charge in [0.25, 0.3) is 0 Å². The van der Waals surface area contributed by atoms with Crippen molar-refractivity contribution in [2.24, 2.45) is 0 Å². The number of aromatic nitrogens is 4. The summed E-state index contributed by atoms with van der Waals surface area (Å²) in [5.41, 5.74) is 5.79. The molecule has 430 valence electrons. The summed E-state index contributed by atoms with van der Waals surface area (Å²) in [6.07, 6.45) is 34.8. The third kappa shape index (κ3) is 19.2. The minimum Gasteiger partial charge on any atom is -0.453 e. The molecule has 17 heteroatoms. The van der Waals surface area contributed by atoms with E-state index in [-0.39, 0.29) is 56.2 Å². The van der Waals surface area contributed by atoms with Crippen molar-refractivity contribution in [2.45, 2.75) is 176 Å². The molecule has 79 heavy (non-hydrogen) atoms. The highest BCUT2D eigenvalue weighted by Gasteiger charge is 2.43. The van der Waals surface area contributed by atoms with E-state index in [1.165, 1.54) is 39.9 Å². The first-order valence-electron chi connectivity index (χ1n) is 27.3. The van der Waals surface area contributed by atoms with Crippen LogP contribution >= 0.6 is 0 Å². The normalized spacial score (nSPS) is 17.9. The lowest BCUT2D eigenvalue weighted by Crippen LogP contribution is -2.57. The SMILES string of the molecule is C#C.C#C.C#C.CC.CCC1CCC[C@@H](C)O1.CC[C@H](C)N(Cc1nc2c(ccc3cc(-c4ccc(-c5cnc(CN(C(=O)CNC(=O)OC)[C@H](CC)[C@@]6(C)CCC[C@@H](C)O6)[nH]5)cc4COC)ccc32)[nH]1)C(=O)CNC(=O)OC. The number of H-pyrrole nitrogens is 2. The number of imidazole rings is 2. The molecule has 0 bridgehead atoms. The van der Waals surface area contributed by atoms with Gasteiger partial charge in [0, 0.05) is 18.5 Å². The number of carbonyl (C=O) groups excluding carboxylic acids is 4. The van der Waals surface area contributed by atoms with Gasteiger partial charge in [-0.25, -0.2) is 19.6 Å². The molecule has 4 amide bonds. The number of amides is 4. The van der Waals surface area contributed by atoms with E-state index in [1.54, 1.807) is 23.1 Å². The van der Waals surface area contributed by atoms with Gasteiger partial charge in [0.1, 0.15) is 24.7 Å². The van der Waals surface area contributed by atoms with Crippen molar-refractivity contribution in [1.82, 2.24) is 40.4 Å². The maximum atomic E-state index is 13.8. The van der Waals surface area contributed by atoms with Crippen LogP contribution in [0, 0.1) is 38.5 Å². The van der Waals surface area contributed by atoms with Crippen LogP contribution in [-0.2, 0) is 53.0 Å². The summed E-state index contributed by atoms with van der Waals surface area (Å²) in [6.45, 7) is 19.0.